The van der Waals surface area contributed by atoms with Crippen molar-refractivity contribution in [2.45, 2.75) is 18.9 Å². The van der Waals surface area contributed by atoms with Crippen LogP contribution in [-0.2, 0) is 9.53 Å². The zero-order valence-electron chi connectivity index (χ0n) is 10.6. The largest absolute Gasteiger partial charge is 0.397 e. The van der Waals surface area contributed by atoms with Gasteiger partial charge in [-0.15, -0.1) is 0 Å². The Morgan fingerprint density at radius 2 is 2.21 bits per heavy atom. The van der Waals surface area contributed by atoms with E-state index in [9.17, 15) is 9.59 Å². The molecule has 7 heteroatoms. The number of rotatable bonds is 7. The summed E-state index contributed by atoms with van der Waals surface area (Å²) in [6, 6.07) is 2.06. The molecule has 19 heavy (non-hydrogen) atoms. The molecule has 0 unspecified atom stereocenters. The van der Waals surface area contributed by atoms with E-state index in [2.05, 4.69) is 5.32 Å². The van der Waals surface area contributed by atoms with Crippen LogP contribution in [0.1, 0.15) is 29.4 Å². The molecule has 0 bridgehead atoms. The lowest BCUT2D eigenvalue weighted by atomic mass is 10.3. The predicted octanol–water partition coefficient (Wildman–Crippen LogP) is -0.363. The fraction of sp³-hybridized carbons (Fsp3) is 0.500. The summed E-state index contributed by atoms with van der Waals surface area (Å²) in [7, 11) is 0. The minimum absolute atomic E-state index is 0.138. The van der Waals surface area contributed by atoms with Crippen LogP contribution in [0, 0.1) is 0 Å². The molecular formula is C12H18N4O3. The second kappa shape index (κ2) is 5.75. The quantitative estimate of drug-likeness (QED) is 0.585. The maximum absolute atomic E-state index is 12.0. The van der Waals surface area contributed by atoms with Crippen molar-refractivity contribution in [3.63, 3.8) is 0 Å². The highest BCUT2D eigenvalue weighted by Crippen LogP contribution is 2.37. The van der Waals surface area contributed by atoms with Crippen LogP contribution in [0.5, 0.6) is 0 Å². The van der Waals surface area contributed by atoms with Gasteiger partial charge in [0.25, 0.3) is 5.91 Å². The topological polar surface area (TPSA) is 112 Å². The third-order valence-electron chi connectivity index (χ3n) is 2.82. The van der Waals surface area contributed by atoms with Gasteiger partial charge in [0.05, 0.1) is 12.3 Å². The predicted molar refractivity (Wildman–Crippen MR) is 69.5 cm³/mol. The standard InChI is InChI=1S/C12H18N4O3/c13-8-5-10(16(6-8)9-1-2-9)12(18)15-3-4-19-7-11(14)17/h5-6,9H,1-4,7,13H2,(H2,14,17)(H,15,18). The van der Waals surface area contributed by atoms with Gasteiger partial charge in [-0.1, -0.05) is 0 Å². The Balaban J connectivity index is 1.81. The maximum atomic E-state index is 12.0. The summed E-state index contributed by atoms with van der Waals surface area (Å²) in [5.41, 5.74) is 11.8. The van der Waals surface area contributed by atoms with Crippen molar-refractivity contribution in [1.29, 1.82) is 0 Å². The van der Waals surface area contributed by atoms with Crippen LogP contribution in [0.3, 0.4) is 0 Å². The van der Waals surface area contributed by atoms with Crippen LogP contribution in [0.4, 0.5) is 5.69 Å². The summed E-state index contributed by atoms with van der Waals surface area (Å²) < 4.78 is 6.87. The molecule has 0 radical (unpaired) electrons. The number of nitrogens with zero attached hydrogens (tertiary/aromatic N) is 1. The Morgan fingerprint density at radius 3 is 2.84 bits per heavy atom. The van der Waals surface area contributed by atoms with Gasteiger partial charge in [0, 0.05) is 18.8 Å². The maximum Gasteiger partial charge on any atom is 0.268 e. The van der Waals surface area contributed by atoms with E-state index in [1.807, 2.05) is 4.57 Å². The minimum atomic E-state index is -0.526. The number of aromatic nitrogens is 1. The number of carbonyl (C=O) groups is 2. The van der Waals surface area contributed by atoms with Crippen LogP contribution < -0.4 is 16.8 Å². The van der Waals surface area contributed by atoms with Crippen molar-refractivity contribution in [3.8, 4) is 0 Å². The zero-order valence-corrected chi connectivity index (χ0v) is 10.6. The molecule has 104 valence electrons. The van der Waals surface area contributed by atoms with Crippen molar-refractivity contribution >= 4 is 17.5 Å². The summed E-state index contributed by atoms with van der Waals surface area (Å²) in [6.07, 6.45) is 3.95. The smallest absolute Gasteiger partial charge is 0.268 e. The number of primary amides is 1. The van der Waals surface area contributed by atoms with E-state index in [4.69, 9.17) is 16.2 Å². The van der Waals surface area contributed by atoms with Gasteiger partial charge in [-0.05, 0) is 18.9 Å². The number of hydrogen-bond donors (Lipinski definition) is 3. The van der Waals surface area contributed by atoms with E-state index in [-0.39, 0.29) is 19.1 Å². The summed E-state index contributed by atoms with van der Waals surface area (Å²) in [5, 5.41) is 2.72. The van der Waals surface area contributed by atoms with Gasteiger partial charge in [0.1, 0.15) is 12.3 Å². The van der Waals surface area contributed by atoms with Gasteiger partial charge in [-0.3, -0.25) is 9.59 Å². The van der Waals surface area contributed by atoms with Crippen LogP contribution in [0.15, 0.2) is 12.3 Å². The molecule has 1 heterocycles. The van der Waals surface area contributed by atoms with Crippen molar-refractivity contribution in [2.75, 3.05) is 25.5 Å². The molecule has 0 atom stereocenters. The monoisotopic (exact) mass is 266 g/mol. The highest BCUT2D eigenvalue weighted by Gasteiger charge is 2.27. The van der Waals surface area contributed by atoms with Gasteiger partial charge in [0.2, 0.25) is 5.91 Å². The Kier molecular flexibility index (Phi) is 4.06. The van der Waals surface area contributed by atoms with Crippen LogP contribution in [-0.4, -0.2) is 36.1 Å². The summed E-state index contributed by atoms with van der Waals surface area (Å²) in [6.45, 7) is 0.428. The van der Waals surface area contributed by atoms with Gasteiger partial charge >= 0.3 is 0 Å². The normalized spacial score (nSPS) is 14.3. The molecule has 0 spiro atoms. The van der Waals surface area contributed by atoms with E-state index < -0.39 is 5.91 Å². The van der Waals surface area contributed by atoms with Gasteiger partial charge in [-0.25, -0.2) is 0 Å². The number of nitrogen functional groups attached to an aromatic ring is 1. The number of nitrogens with two attached hydrogens (primary N) is 2. The van der Waals surface area contributed by atoms with E-state index in [1.54, 1.807) is 12.3 Å². The number of anilines is 1. The summed E-state index contributed by atoms with van der Waals surface area (Å²) in [5.74, 6) is -0.715. The first-order valence-corrected chi connectivity index (χ1v) is 6.19. The molecule has 1 aliphatic rings. The molecular weight excluding hydrogens is 248 g/mol. The molecule has 1 aliphatic carbocycles. The van der Waals surface area contributed by atoms with Crippen molar-refractivity contribution in [3.05, 3.63) is 18.0 Å². The van der Waals surface area contributed by atoms with Gasteiger partial charge in [-0.2, -0.15) is 0 Å². The Hall–Kier alpha value is -2.02. The third-order valence-corrected chi connectivity index (χ3v) is 2.82. The van der Waals surface area contributed by atoms with Crippen molar-refractivity contribution in [1.82, 2.24) is 9.88 Å². The van der Waals surface area contributed by atoms with E-state index in [0.29, 0.717) is 24.0 Å². The Bertz CT molecular complexity index is 479. The Morgan fingerprint density at radius 1 is 1.47 bits per heavy atom. The fourth-order valence-electron chi connectivity index (χ4n) is 1.84. The first-order valence-electron chi connectivity index (χ1n) is 6.19. The van der Waals surface area contributed by atoms with Crippen LogP contribution >= 0.6 is 0 Å². The molecule has 1 saturated carbocycles. The van der Waals surface area contributed by atoms with Crippen molar-refractivity contribution < 1.29 is 14.3 Å². The summed E-state index contributed by atoms with van der Waals surface area (Å²) in [4.78, 5) is 22.4. The SMILES string of the molecule is NC(=O)COCCNC(=O)c1cc(N)cn1C1CC1. The second-order valence-corrected chi connectivity index (χ2v) is 4.57. The van der Waals surface area contributed by atoms with E-state index in [1.165, 1.54) is 0 Å². The molecule has 7 nitrogen and oxygen atoms in total. The average molecular weight is 266 g/mol. The minimum Gasteiger partial charge on any atom is -0.397 e. The third kappa shape index (κ3) is 3.72. The number of carbonyl (C=O) groups excluding carboxylic acids is 2. The fourth-order valence-corrected chi connectivity index (χ4v) is 1.84. The van der Waals surface area contributed by atoms with Gasteiger partial charge in [0.15, 0.2) is 0 Å². The highest BCUT2D eigenvalue weighted by atomic mass is 16.5. The van der Waals surface area contributed by atoms with Gasteiger partial charge < -0.3 is 26.1 Å². The van der Waals surface area contributed by atoms with Crippen LogP contribution in [0.2, 0.25) is 0 Å². The molecule has 0 aliphatic heterocycles. The summed E-state index contributed by atoms with van der Waals surface area (Å²) >= 11 is 0. The molecule has 1 aromatic heterocycles. The Labute approximate surface area is 110 Å². The number of amides is 2. The molecule has 0 aromatic carbocycles. The second-order valence-electron chi connectivity index (χ2n) is 4.57. The van der Waals surface area contributed by atoms with E-state index in [0.717, 1.165) is 12.8 Å². The van der Waals surface area contributed by atoms with Crippen molar-refractivity contribution in [2.24, 2.45) is 5.73 Å². The van der Waals surface area contributed by atoms with E-state index >= 15 is 0 Å². The molecule has 2 rings (SSSR count). The number of nitrogens with one attached hydrogen (secondary N) is 1. The average Bonchev–Trinajstić information content (AvgIpc) is 3.11. The lowest BCUT2D eigenvalue weighted by Crippen LogP contribution is -2.30. The zero-order chi connectivity index (χ0) is 13.8. The lowest BCUT2D eigenvalue weighted by Gasteiger charge is -2.08. The lowest BCUT2D eigenvalue weighted by molar-refractivity contribution is -0.122. The molecule has 1 fully saturated rings. The number of hydrogen-bond acceptors (Lipinski definition) is 4. The molecule has 1 aromatic rings. The molecule has 0 saturated heterocycles. The first-order chi connectivity index (χ1) is 9.08. The number of ether oxygens (including phenoxy) is 1. The molecule has 2 amide bonds. The van der Waals surface area contributed by atoms with Crippen LogP contribution in [0.25, 0.3) is 0 Å². The first kappa shape index (κ1) is 13.4. The highest BCUT2D eigenvalue weighted by molar-refractivity contribution is 5.93. The molecule has 5 N–H and O–H groups in total.